The molecule has 0 saturated heterocycles. The second-order valence-electron chi connectivity index (χ2n) is 10.2. The number of hydrogen-bond donors (Lipinski definition) is 1. The van der Waals surface area contributed by atoms with Crippen molar-refractivity contribution in [3.63, 3.8) is 0 Å². The number of nitrogens with two attached hydrogens (primary N) is 1. The summed E-state index contributed by atoms with van der Waals surface area (Å²) in [5, 5.41) is 10.6. The molecule has 0 spiro atoms. The molecule has 0 amide bonds. The number of carbonyl (C=O) groups excluding carboxylic acids is 1. The molecule has 0 fully saturated rings. The summed E-state index contributed by atoms with van der Waals surface area (Å²) in [6.45, 7) is 5.01. The largest absolute Gasteiger partial charge is 0.493 e. The van der Waals surface area contributed by atoms with Crippen LogP contribution in [0.4, 0.5) is 0 Å². The summed E-state index contributed by atoms with van der Waals surface area (Å²) in [4.78, 5) is 12.8. The van der Waals surface area contributed by atoms with Crippen molar-refractivity contribution in [2.45, 2.75) is 26.4 Å². The van der Waals surface area contributed by atoms with Gasteiger partial charge >= 0.3 is 5.97 Å². The topological polar surface area (TPSA) is 104 Å². The predicted molar refractivity (Wildman–Crippen MR) is 160 cm³/mol. The lowest BCUT2D eigenvalue weighted by atomic mass is 9.83. The molecule has 1 atom stereocenters. The fraction of sp³-hybridized carbons (Fsp3) is 0.176. The number of hydrogen-bond acceptors (Lipinski definition) is 7. The Morgan fingerprint density at radius 3 is 2.45 bits per heavy atom. The molecule has 4 aromatic carbocycles. The van der Waals surface area contributed by atoms with Crippen LogP contribution in [0.1, 0.15) is 46.8 Å². The molecule has 0 saturated carbocycles. The van der Waals surface area contributed by atoms with Crippen molar-refractivity contribution in [3.8, 4) is 29.1 Å². The fourth-order valence-corrected chi connectivity index (χ4v) is 4.71. The molecule has 42 heavy (non-hydrogen) atoms. The quantitative estimate of drug-likeness (QED) is 0.162. The highest BCUT2D eigenvalue weighted by Crippen LogP contribution is 2.44. The molecule has 1 heterocycles. The summed E-state index contributed by atoms with van der Waals surface area (Å²) >= 11 is 6.27. The van der Waals surface area contributed by atoms with Gasteiger partial charge in [0.2, 0.25) is 5.88 Å². The van der Waals surface area contributed by atoms with Gasteiger partial charge in [0.05, 0.1) is 18.1 Å². The molecule has 8 heteroatoms. The van der Waals surface area contributed by atoms with E-state index in [1.807, 2.05) is 48.5 Å². The van der Waals surface area contributed by atoms with E-state index in [9.17, 15) is 10.1 Å². The minimum atomic E-state index is -0.526. The highest BCUT2D eigenvalue weighted by molar-refractivity contribution is 6.31. The predicted octanol–water partition coefficient (Wildman–Crippen LogP) is 7.39. The van der Waals surface area contributed by atoms with E-state index < -0.39 is 11.9 Å². The molecule has 4 aromatic rings. The van der Waals surface area contributed by atoms with Crippen LogP contribution in [0.25, 0.3) is 0 Å². The van der Waals surface area contributed by atoms with Gasteiger partial charge in [0.25, 0.3) is 0 Å². The maximum atomic E-state index is 12.8. The van der Waals surface area contributed by atoms with E-state index in [-0.39, 0.29) is 17.2 Å². The highest BCUT2D eigenvalue weighted by Gasteiger charge is 2.31. The van der Waals surface area contributed by atoms with Crippen LogP contribution in [0.15, 0.2) is 102 Å². The van der Waals surface area contributed by atoms with E-state index >= 15 is 0 Å². The van der Waals surface area contributed by atoms with Crippen LogP contribution in [-0.2, 0) is 6.61 Å². The monoisotopic (exact) mass is 580 g/mol. The lowest BCUT2D eigenvalue weighted by molar-refractivity contribution is 0.0734. The van der Waals surface area contributed by atoms with Crippen LogP contribution in [0.2, 0.25) is 5.02 Å². The van der Waals surface area contributed by atoms with Gasteiger partial charge in [0.15, 0.2) is 0 Å². The second-order valence-corrected chi connectivity index (χ2v) is 10.6. The number of benzene rings is 4. The van der Waals surface area contributed by atoms with E-state index in [1.165, 1.54) is 0 Å². The number of carbonyl (C=O) groups is 1. The average molecular weight is 581 g/mol. The first-order chi connectivity index (χ1) is 20.3. The van der Waals surface area contributed by atoms with Gasteiger partial charge in [-0.15, -0.1) is 0 Å². The van der Waals surface area contributed by atoms with Gasteiger partial charge in [-0.05, 0) is 60.0 Å². The number of allylic oxidation sites excluding steroid dienone is 1. The van der Waals surface area contributed by atoms with Crippen molar-refractivity contribution >= 4 is 17.6 Å². The Balaban J connectivity index is 1.36. The number of nitriles is 1. The standard InChI is InChI=1S/C34H29ClN2O5/c1-21(2)19-39-25-12-10-22(11-13-25)34(38)41-27-14-15-28-31(17-27)42-33(37)29(18-36)32(28)23-7-5-8-26(16-23)40-20-24-6-3-4-9-30(24)35/h3-17,21,32H,19-20,37H2,1-2H3. The lowest BCUT2D eigenvalue weighted by Crippen LogP contribution is -2.21. The average Bonchev–Trinajstić information content (AvgIpc) is 2.99. The van der Waals surface area contributed by atoms with Crippen LogP contribution < -0.4 is 24.7 Å². The van der Waals surface area contributed by atoms with Crippen LogP contribution in [0.5, 0.6) is 23.0 Å². The van der Waals surface area contributed by atoms with E-state index in [0.29, 0.717) is 52.5 Å². The summed E-state index contributed by atoms with van der Waals surface area (Å²) in [5.41, 5.74) is 9.20. The van der Waals surface area contributed by atoms with Gasteiger partial charge in [-0.3, -0.25) is 0 Å². The van der Waals surface area contributed by atoms with Crippen molar-refractivity contribution in [1.82, 2.24) is 0 Å². The molecule has 5 rings (SSSR count). The SMILES string of the molecule is CC(C)COc1ccc(C(=O)Oc2ccc3c(c2)OC(N)=C(C#N)C3c2cccc(OCc3ccccc3Cl)c2)cc1. The van der Waals surface area contributed by atoms with E-state index in [1.54, 1.807) is 42.5 Å². The zero-order valence-corrected chi connectivity index (χ0v) is 23.9. The first kappa shape index (κ1) is 28.6. The number of esters is 1. The van der Waals surface area contributed by atoms with Crippen LogP contribution >= 0.6 is 11.6 Å². The third kappa shape index (κ3) is 6.51. The van der Waals surface area contributed by atoms with Gasteiger partial charge in [-0.25, -0.2) is 4.79 Å². The molecular weight excluding hydrogens is 552 g/mol. The van der Waals surface area contributed by atoms with E-state index in [2.05, 4.69) is 19.9 Å². The highest BCUT2D eigenvalue weighted by atomic mass is 35.5. The first-order valence-corrected chi connectivity index (χ1v) is 13.8. The van der Waals surface area contributed by atoms with Crippen LogP contribution in [-0.4, -0.2) is 12.6 Å². The third-order valence-corrected chi connectivity index (χ3v) is 6.99. The molecule has 7 nitrogen and oxygen atoms in total. The van der Waals surface area contributed by atoms with Crippen molar-refractivity contribution in [1.29, 1.82) is 5.26 Å². The Morgan fingerprint density at radius 1 is 0.952 bits per heavy atom. The summed E-state index contributed by atoms with van der Waals surface area (Å²) < 4.78 is 23.1. The molecule has 0 aliphatic carbocycles. The lowest BCUT2D eigenvalue weighted by Gasteiger charge is -2.27. The number of rotatable bonds is 9. The third-order valence-electron chi connectivity index (χ3n) is 6.62. The summed E-state index contributed by atoms with van der Waals surface area (Å²) in [7, 11) is 0. The molecule has 1 aliphatic heterocycles. The maximum Gasteiger partial charge on any atom is 0.343 e. The molecule has 212 valence electrons. The van der Waals surface area contributed by atoms with Crippen molar-refractivity contribution < 1.29 is 23.7 Å². The Labute approximate surface area is 249 Å². The van der Waals surface area contributed by atoms with Gasteiger partial charge in [0, 0.05) is 22.2 Å². The van der Waals surface area contributed by atoms with Gasteiger partial charge in [-0.2, -0.15) is 5.26 Å². The van der Waals surface area contributed by atoms with Crippen molar-refractivity contribution in [2.24, 2.45) is 11.7 Å². The zero-order valence-electron chi connectivity index (χ0n) is 23.2. The van der Waals surface area contributed by atoms with Gasteiger partial charge in [0.1, 0.15) is 41.2 Å². The first-order valence-electron chi connectivity index (χ1n) is 13.4. The van der Waals surface area contributed by atoms with Gasteiger partial charge < -0.3 is 24.7 Å². The summed E-state index contributed by atoms with van der Waals surface area (Å²) in [6.07, 6.45) is 0. The van der Waals surface area contributed by atoms with Crippen molar-refractivity contribution in [2.75, 3.05) is 6.61 Å². The Kier molecular flexibility index (Phi) is 8.66. The Morgan fingerprint density at radius 2 is 1.71 bits per heavy atom. The minimum Gasteiger partial charge on any atom is -0.493 e. The molecule has 0 radical (unpaired) electrons. The Bertz CT molecular complexity index is 1670. The molecule has 1 aliphatic rings. The zero-order chi connectivity index (χ0) is 29.6. The minimum absolute atomic E-state index is 0.0159. The van der Waals surface area contributed by atoms with E-state index in [4.69, 9.17) is 36.3 Å². The Hall–Kier alpha value is -4.93. The second kappa shape index (κ2) is 12.7. The van der Waals surface area contributed by atoms with Crippen molar-refractivity contribution in [3.05, 3.63) is 130 Å². The number of halogens is 1. The molecule has 2 N–H and O–H groups in total. The normalized spacial score (nSPS) is 14.0. The van der Waals surface area contributed by atoms with E-state index in [0.717, 1.165) is 11.1 Å². The van der Waals surface area contributed by atoms with Gasteiger partial charge in [-0.1, -0.05) is 61.8 Å². The fourth-order valence-electron chi connectivity index (χ4n) is 4.52. The number of fused-ring (bicyclic) bond motifs is 1. The summed E-state index contributed by atoms with van der Waals surface area (Å²) in [5.74, 6) is 1.31. The number of ether oxygens (including phenoxy) is 4. The molecule has 0 aromatic heterocycles. The van der Waals surface area contributed by atoms with Crippen LogP contribution in [0, 0.1) is 17.2 Å². The summed E-state index contributed by atoms with van der Waals surface area (Å²) in [6, 6.07) is 28.9. The molecular formula is C34H29ClN2O5. The number of nitrogens with zero attached hydrogens (tertiary/aromatic N) is 1. The van der Waals surface area contributed by atoms with Crippen LogP contribution in [0.3, 0.4) is 0 Å². The molecule has 1 unspecified atom stereocenters. The maximum absolute atomic E-state index is 12.8. The smallest absolute Gasteiger partial charge is 0.343 e. The molecule has 0 bridgehead atoms.